The summed E-state index contributed by atoms with van der Waals surface area (Å²) in [6, 6.07) is 0. The summed E-state index contributed by atoms with van der Waals surface area (Å²) >= 11 is 2.13. The molecule has 0 radical (unpaired) electrons. The van der Waals surface area contributed by atoms with Crippen LogP contribution in [0.2, 0.25) is 0 Å². The molecule has 0 aromatic heterocycles. The van der Waals surface area contributed by atoms with Crippen molar-refractivity contribution in [2.45, 2.75) is 56.2 Å². The lowest BCUT2D eigenvalue weighted by Gasteiger charge is -2.45. The third-order valence-corrected chi connectivity index (χ3v) is 7.13. The smallest absolute Gasteiger partial charge is 0.209 e. The first-order chi connectivity index (χ1) is 11.1. The Labute approximate surface area is 174 Å². The van der Waals surface area contributed by atoms with E-state index < -0.39 is 15.6 Å². The molecule has 148 valence electrons. The van der Waals surface area contributed by atoms with Crippen LogP contribution in [0.4, 0.5) is 0 Å². The molecule has 1 aliphatic heterocycles. The first-order valence-electron chi connectivity index (χ1n) is 8.73. The first-order valence-corrected chi connectivity index (χ1v) is 11.6. The number of hydrogen-bond donors (Lipinski definition) is 2. The van der Waals surface area contributed by atoms with Crippen molar-refractivity contribution >= 4 is 51.7 Å². The predicted molar refractivity (Wildman–Crippen MR) is 119 cm³/mol. The van der Waals surface area contributed by atoms with Gasteiger partial charge in [-0.1, -0.05) is 19.3 Å². The molecule has 2 aliphatic rings. The van der Waals surface area contributed by atoms with Crippen LogP contribution >= 0.6 is 35.7 Å². The van der Waals surface area contributed by atoms with Crippen molar-refractivity contribution in [3.05, 3.63) is 0 Å². The van der Waals surface area contributed by atoms with Gasteiger partial charge in [0.15, 0.2) is 5.96 Å². The maximum atomic E-state index is 11.5. The molecule has 1 spiro atoms. The Hall–Kier alpha value is 0.260. The molecule has 2 N–H and O–H groups in total. The summed E-state index contributed by atoms with van der Waals surface area (Å²) in [5.74, 6) is 2.01. The average Bonchev–Trinajstić information content (AvgIpc) is 2.46. The van der Waals surface area contributed by atoms with E-state index in [0.717, 1.165) is 24.8 Å². The van der Waals surface area contributed by atoms with E-state index in [9.17, 15) is 8.42 Å². The van der Waals surface area contributed by atoms with Crippen molar-refractivity contribution in [3.8, 4) is 0 Å². The van der Waals surface area contributed by atoms with E-state index in [-0.39, 0.29) is 24.0 Å². The van der Waals surface area contributed by atoms with Gasteiger partial charge in [0, 0.05) is 42.7 Å². The highest BCUT2D eigenvalue weighted by molar-refractivity contribution is 14.0. The van der Waals surface area contributed by atoms with Crippen LogP contribution in [0.1, 0.15) is 46.0 Å². The SMILES string of the molecule is CN=C(NCC(C)(C)NS(C)(=O)=O)N1CCSC2(CCCCC2)C1.I. The highest BCUT2D eigenvalue weighted by Crippen LogP contribution is 2.42. The molecule has 9 heteroatoms. The number of guanidine groups is 1. The normalized spacial score (nSPS) is 21.8. The number of thioether (sulfide) groups is 1. The number of halogens is 1. The summed E-state index contributed by atoms with van der Waals surface area (Å²) in [6.45, 7) is 6.29. The fraction of sp³-hybridized carbons (Fsp3) is 0.938. The minimum Gasteiger partial charge on any atom is -0.354 e. The van der Waals surface area contributed by atoms with Crippen molar-refractivity contribution in [1.29, 1.82) is 0 Å². The first kappa shape index (κ1) is 23.3. The van der Waals surface area contributed by atoms with Gasteiger partial charge < -0.3 is 10.2 Å². The largest absolute Gasteiger partial charge is 0.354 e. The van der Waals surface area contributed by atoms with Crippen LogP contribution in [0.5, 0.6) is 0 Å². The number of nitrogens with zero attached hydrogens (tertiary/aromatic N) is 2. The van der Waals surface area contributed by atoms with Gasteiger partial charge in [0.2, 0.25) is 10.0 Å². The monoisotopic (exact) mass is 504 g/mol. The zero-order chi connectivity index (χ0) is 17.8. The van der Waals surface area contributed by atoms with Gasteiger partial charge in [-0.15, -0.1) is 24.0 Å². The Morgan fingerprint density at radius 3 is 2.48 bits per heavy atom. The minimum atomic E-state index is -3.23. The average molecular weight is 505 g/mol. The topological polar surface area (TPSA) is 73.8 Å². The zero-order valence-corrected chi connectivity index (χ0v) is 19.8. The van der Waals surface area contributed by atoms with E-state index in [0.29, 0.717) is 11.3 Å². The molecule has 2 rings (SSSR count). The highest BCUT2D eigenvalue weighted by atomic mass is 127. The van der Waals surface area contributed by atoms with E-state index in [4.69, 9.17) is 0 Å². The molecule has 1 heterocycles. The summed E-state index contributed by atoms with van der Waals surface area (Å²) in [5.41, 5.74) is -0.559. The molecule has 1 aliphatic carbocycles. The molecule has 1 saturated carbocycles. The van der Waals surface area contributed by atoms with Gasteiger partial charge in [-0.3, -0.25) is 4.99 Å². The van der Waals surface area contributed by atoms with Gasteiger partial charge in [-0.2, -0.15) is 11.8 Å². The standard InChI is InChI=1S/C16H32N4O2S2.HI/c1-15(2,19-24(4,21)22)12-18-14(17-3)20-10-11-23-16(13-20)8-6-5-7-9-16;/h19H,5-13H2,1-4H3,(H,17,18);1H. The van der Waals surface area contributed by atoms with E-state index in [1.165, 1.54) is 38.4 Å². The maximum Gasteiger partial charge on any atom is 0.209 e. The second-order valence-electron chi connectivity index (χ2n) is 7.67. The van der Waals surface area contributed by atoms with Crippen LogP contribution in [0.3, 0.4) is 0 Å². The second kappa shape index (κ2) is 9.45. The Bertz CT molecular complexity index is 555. The second-order valence-corrected chi connectivity index (χ2v) is 11.0. The quantitative estimate of drug-likeness (QED) is 0.349. The van der Waals surface area contributed by atoms with Crippen molar-refractivity contribution in [3.63, 3.8) is 0 Å². The van der Waals surface area contributed by atoms with Crippen LogP contribution in [-0.2, 0) is 10.0 Å². The van der Waals surface area contributed by atoms with E-state index in [1.807, 2.05) is 13.8 Å². The molecule has 0 aromatic rings. The van der Waals surface area contributed by atoms with Crippen LogP contribution in [0.25, 0.3) is 0 Å². The number of rotatable bonds is 4. The lowest BCUT2D eigenvalue weighted by Crippen LogP contribution is -2.57. The van der Waals surface area contributed by atoms with Crippen LogP contribution in [-0.4, -0.2) is 68.3 Å². The Kier molecular flexibility index (Phi) is 8.81. The summed E-state index contributed by atoms with van der Waals surface area (Å²) < 4.78 is 26.0. The van der Waals surface area contributed by atoms with Crippen molar-refractivity contribution in [1.82, 2.24) is 14.9 Å². The van der Waals surface area contributed by atoms with Gasteiger partial charge in [0.25, 0.3) is 0 Å². The molecule has 0 unspecified atom stereocenters. The zero-order valence-electron chi connectivity index (χ0n) is 15.8. The molecule has 0 amide bonds. The van der Waals surface area contributed by atoms with Crippen LogP contribution < -0.4 is 10.0 Å². The van der Waals surface area contributed by atoms with E-state index >= 15 is 0 Å². The molecule has 1 saturated heterocycles. The molecular formula is C16H33IN4O2S2. The molecule has 0 aromatic carbocycles. The summed E-state index contributed by atoms with van der Waals surface area (Å²) in [6.07, 6.45) is 7.81. The molecular weight excluding hydrogens is 471 g/mol. The van der Waals surface area contributed by atoms with Gasteiger partial charge in [-0.05, 0) is 26.7 Å². The third-order valence-electron chi connectivity index (χ3n) is 4.67. The van der Waals surface area contributed by atoms with Gasteiger partial charge >= 0.3 is 0 Å². The van der Waals surface area contributed by atoms with Crippen LogP contribution in [0, 0.1) is 0 Å². The number of sulfonamides is 1. The lowest BCUT2D eigenvalue weighted by atomic mass is 9.87. The molecule has 2 fully saturated rings. The molecule has 0 atom stereocenters. The summed E-state index contributed by atoms with van der Waals surface area (Å²) in [5, 5.41) is 3.36. The van der Waals surface area contributed by atoms with E-state index in [1.54, 1.807) is 7.05 Å². The highest BCUT2D eigenvalue weighted by Gasteiger charge is 2.38. The summed E-state index contributed by atoms with van der Waals surface area (Å²) in [4.78, 5) is 6.78. The van der Waals surface area contributed by atoms with Gasteiger partial charge in [-0.25, -0.2) is 13.1 Å². The molecule has 25 heavy (non-hydrogen) atoms. The van der Waals surface area contributed by atoms with Crippen molar-refractivity contribution < 1.29 is 8.42 Å². The van der Waals surface area contributed by atoms with Gasteiger partial charge in [0.05, 0.1) is 6.26 Å². The van der Waals surface area contributed by atoms with Crippen molar-refractivity contribution in [2.75, 3.05) is 38.7 Å². The van der Waals surface area contributed by atoms with Crippen LogP contribution in [0.15, 0.2) is 4.99 Å². The van der Waals surface area contributed by atoms with Crippen molar-refractivity contribution in [2.24, 2.45) is 4.99 Å². The maximum absolute atomic E-state index is 11.5. The van der Waals surface area contributed by atoms with E-state index in [2.05, 4.69) is 31.7 Å². The lowest BCUT2D eigenvalue weighted by molar-refractivity contribution is 0.291. The number of nitrogens with one attached hydrogen (secondary N) is 2. The van der Waals surface area contributed by atoms with Gasteiger partial charge in [0.1, 0.15) is 0 Å². The molecule has 0 bridgehead atoms. The molecule has 6 nitrogen and oxygen atoms in total. The minimum absolute atomic E-state index is 0. The Balaban J connectivity index is 0.00000312. The number of aliphatic imine (C=N–C) groups is 1. The predicted octanol–water partition coefficient (Wildman–Crippen LogP) is 2.26. The Morgan fingerprint density at radius 1 is 1.28 bits per heavy atom. The Morgan fingerprint density at radius 2 is 1.92 bits per heavy atom. The summed E-state index contributed by atoms with van der Waals surface area (Å²) in [7, 11) is -1.43. The fourth-order valence-corrected chi connectivity index (χ4v) is 6.34. The third kappa shape index (κ3) is 7.42. The number of hydrogen-bond acceptors (Lipinski definition) is 4. The fourth-order valence-electron chi connectivity index (χ4n) is 3.69.